The maximum Gasteiger partial charge on any atom is 0.326 e. The van der Waals surface area contributed by atoms with Crippen molar-refractivity contribution in [3.05, 3.63) is 72.8 Å². The van der Waals surface area contributed by atoms with Gasteiger partial charge in [0.05, 0.1) is 13.2 Å². The number of nitrogens with zero attached hydrogens (tertiary/aromatic N) is 1. The van der Waals surface area contributed by atoms with E-state index in [1.165, 1.54) is 17.5 Å². The zero-order valence-electron chi connectivity index (χ0n) is 19.1. The zero-order valence-corrected chi connectivity index (χ0v) is 20.1. The number of methoxy groups -OCH3 is 1. The van der Waals surface area contributed by atoms with Crippen LogP contribution in [-0.4, -0.2) is 51.0 Å². The predicted molar refractivity (Wildman–Crippen MR) is 127 cm³/mol. The fourth-order valence-electron chi connectivity index (χ4n) is 5.62. The zero-order chi connectivity index (χ0) is 22.3. The van der Waals surface area contributed by atoms with Crippen molar-refractivity contribution in [3.63, 3.8) is 0 Å². The van der Waals surface area contributed by atoms with E-state index < -0.39 is 13.9 Å². The van der Waals surface area contributed by atoms with Crippen LogP contribution < -0.4 is 10.4 Å². The molecule has 4 rings (SSSR count). The minimum Gasteiger partial charge on any atom is -0.468 e. The van der Waals surface area contributed by atoms with Gasteiger partial charge in [0.1, 0.15) is 5.54 Å². The number of hydrogen-bond donors (Lipinski definition) is 0. The summed E-state index contributed by atoms with van der Waals surface area (Å²) < 4.78 is 12.5. The Labute approximate surface area is 187 Å². The lowest BCUT2D eigenvalue weighted by Gasteiger charge is -2.44. The van der Waals surface area contributed by atoms with Gasteiger partial charge in [0, 0.05) is 19.5 Å². The molecular weight excluding hydrogens is 402 g/mol. The molecule has 2 heterocycles. The Morgan fingerprint density at radius 3 is 2.10 bits per heavy atom. The van der Waals surface area contributed by atoms with E-state index in [9.17, 15) is 4.79 Å². The molecule has 2 atom stereocenters. The van der Waals surface area contributed by atoms with Gasteiger partial charge in [0.25, 0.3) is 8.32 Å². The van der Waals surface area contributed by atoms with Gasteiger partial charge >= 0.3 is 5.97 Å². The molecule has 0 aromatic heterocycles. The van der Waals surface area contributed by atoms with E-state index in [1.54, 1.807) is 0 Å². The Morgan fingerprint density at radius 2 is 1.61 bits per heavy atom. The quantitative estimate of drug-likeness (QED) is 0.409. The molecule has 2 aromatic rings. The second kappa shape index (κ2) is 8.04. The Bertz CT molecular complexity index is 914. The predicted octanol–water partition coefficient (Wildman–Crippen LogP) is 3.51. The molecule has 2 saturated heterocycles. The maximum absolute atomic E-state index is 12.9. The van der Waals surface area contributed by atoms with Crippen molar-refractivity contribution < 1.29 is 14.0 Å². The largest absolute Gasteiger partial charge is 0.468 e. The summed E-state index contributed by atoms with van der Waals surface area (Å²) in [6.07, 6.45) is 1.25. The molecular formula is C26H33NO3Si. The highest BCUT2D eigenvalue weighted by molar-refractivity contribution is 6.99. The van der Waals surface area contributed by atoms with Gasteiger partial charge < -0.3 is 9.16 Å². The fraction of sp³-hybridized carbons (Fsp3) is 0.423. The second-order valence-electron chi connectivity index (χ2n) is 9.94. The lowest BCUT2D eigenvalue weighted by Crippen LogP contribution is -2.67. The Kier molecular flexibility index (Phi) is 5.71. The summed E-state index contributed by atoms with van der Waals surface area (Å²) in [5, 5.41) is 2.43. The summed E-state index contributed by atoms with van der Waals surface area (Å²) in [6.45, 7) is 12.5. The summed E-state index contributed by atoms with van der Waals surface area (Å²) in [4.78, 5) is 15.1. The maximum atomic E-state index is 12.9. The van der Waals surface area contributed by atoms with Crippen LogP contribution in [0.2, 0.25) is 5.04 Å². The molecule has 2 aliphatic rings. The SMILES string of the molecule is C=C1CN2C[C@H](O[Si](c3ccccc3)(c3ccccc3)C(C)(C)C)C[C@]2(C(=O)OC)C1. The molecule has 0 spiro atoms. The highest BCUT2D eigenvalue weighted by Crippen LogP contribution is 2.45. The summed E-state index contributed by atoms with van der Waals surface area (Å²) in [5.41, 5.74) is 0.455. The van der Waals surface area contributed by atoms with Crippen molar-refractivity contribution in [1.29, 1.82) is 0 Å². The average molecular weight is 436 g/mol. The molecule has 4 nitrogen and oxygen atoms in total. The van der Waals surface area contributed by atoms with Crippen molar-refractivity contribution in [2.24, 2.45) is 0 Å². The van der Waals surface area contributed by atoms with Crippen LogP contribution in [0.5, 0.6) is 0 Å². The van der Waals surface area contributed by atoms with Gasteiger partial charge in [0.2, 0.25) is 0 Å². The number of fused-ring (bicyclic) bond motifs is 1. The molecule has 0 bridgehead atoms. The number of rotatable bonds is 5. The van der Waals surface area contributed by atoms with E-state index in [0.29, 0.717) is 12.8 Å². The normalized spacial score (nSPS) is 24.3. The van der Waals surface area contributed by atoms with Crippen LogP contribution in [0.3, 0.4) is 0 Å². The third kappa shape index (κ3) is 3.59. The van der Waals surface area contributed by atoms with Crippen molar-refractivity contribution >= 4 is 24.7 Å². The number of carbonyl (C=O) groups is 1. The molecule has 0 N–H and O–H groups in total. The lowest BCUT2D eigenvalue weighted by molar-refractivity contribution is -0.151. The minimum absolute atomic E-state index is 0.0431. The van der Waals surface area contributed by atoms with E-state index in [2.05, 4.69) is 92.9 Å². The van der Waals surface area contributed by atoms with Crippen LogP contribution in [0.15, 0.2) is 72.8 Å². The Morgan fingerprint density at radius 1 is 1.06 bits per heavy atom. The van der Waals surface area contributed by atoms with Crippen molar-refractivity contribution in [3.8, 4) is 0 Å². The monoisotopic (exact) mass is 435 g/mol. The average Bonchev–Trinajstić information content (AvgIpc) is 3.24. The second-order valence-corrected chi connectivity index (χ2v) is 14.2. The van der Waals surface area contributed by atoms with Crippen LogP contribution in [0.1, 0.15) is 33.6 Å². The molecule has 0 saturated carbocycles. The standard InChI is InChI=1S/C26H33NO3Si/c1-20-16-26(24(28)29-5)17-21(19-27(26)18-20)30-31(25(2,3)4,22-12-8-6-9-13-22)23-14-10-7-11-15-23/h6-15,21H,1,16-19H2,2-5H3/t21-,26+/m1/s1. The molecule has 31 heavy (non-hydrogen) atoms. The van der Waals surface area contributed by atoms with Crippen LogP contribution in [0, 0.1) is 0 Å². The van der Waals surface area contributed by atoms with Crippen molar-refractivity contribution in [1.82, 2.24) is 4.90 Å². The third-order valence-electron chi connectivity index (χ3n) is 6.88. The van der Waals surface area contributed by atoms with E-state index >= 15 is 0 Å². The summed E-state index contributed by atoms with van der Waals surface area (Å²) in [5.74, 6) is -0.167. The summed E-state index contributed by atoms with van der Waals surface area (Å²) >= 11 is 0. The van der Waals surface area contributed by atoms with Gasteiger partial charge in [-0.15, -0.1) is 0 Å². The number of benzene rings is 2. The Hall–Kier alpha value is -2.21. The van der Waals surface area contributed by atoms with E-state index in [0.717, 1.165) is 18.7 Å². The van der Waals surface area contributed by atoms with Crippen LogP contribution in [-0.2, 0) is 14.0 Å². The number of esters is 1. The highest BCUT2D eigenvalue weighted by atomic mass is 28.4. The van der Waals surface area contributed by atoms with Gasteiger partial charge in [-0.1, -0.05) is 93.6 Å². The van der Waals surface area contributed by atoms with E-state index in [4.69, 9.17) is 9.16 Å². The molecule has 0 unspecified atom stereocenters. The first-order valence-electron chi connectivity index (χ1n) is 11.0. The number of carbonyl (C=O) groups excluding carboxylic acids is 1. The molecule has 0 aliphatic carbocycles. The van der Waals surface area contributed by atoms with Crippen molar-refractivity contribution in [2.45, 2.75) is 50.3 Å². The molecule has 2 fully saturated rings. The summed E-state index contributed by atoms with van der Waals surface area (Å²) in [7, 11) is -1.18. The fourth-order valence-corrected chi connectivity index (χ4v) is 10.3. The van der Waals surface area contributed by atoms with Crippen LogP contribution in [0.4, 0.5) is 0 Å². The molecule has 2 aliphatic heterocycles. The minimum atomic E-state index is -2.66. The molecule has 0 radical (unpaired) electrons. The van der Waals surface area contributed by atoms with Gasteiger partial charge in [-0.3, -0.25) is 9.69 Å². The Balaban J connectivity index is 1.78. The van der Waals surface area contributed by atoms with Crippen LogP contribution in [0.25, 0.3) is 0 Å². The first-order valence-corrected chi connectivity index (χ1v) is 12.9. The molecule has 5 heteroatoms. The topological polar surface area (TPSA) is 38.8 Å². The molecule has 0 amide bonds. The van der Waals surface area contributed by atoms with Gasteiger partial charge in [-0.05, 0) is 21.8 Å². The van der Waals surface area contributed by atoms with Gasteiger partial charge in [-0.25, -0.2) is 0 Å². The first-order chi connectivity index (χ1) is 14.7. The molecule has 2 aromatic carbocycles. The highest BCUT2D eigenvalue weighted by Gasteiger charge is 2.59. The van der Waals surface area contributed by atoms with E-state index in [1.807, 2.05) is 0 Å². The smallest absolute Gasteiger partial charge is 0.326 e. The lowest BCUT2D eigenvalue weighted by atomic mass is 9.92. The van der Waals surface area contributed by atoms with Gasteiger partial charge in [0.15, 0.2) is 0 Å². The number of hydrogen-bond acceptors (Lipinski definition) is 4. The van der Waals surface area contributed by atoms with Crippen LogP contribution >= 0.6 is 0 Å². The van der Waals surface area contributed by atoms with Gasteiger partial charge in [-0.2, -0.15) is 0 Å². The molecule has 164 valence electrons. The summed E-state index contributed by atoms with van der Waals surface area (Å²) in [6, 6.07) is 21.3. The van der Waals surface area contributed by atoms with Crippen molar-refractivity contribution in [2.75, 3.05) is 20.2 Å². The third-order valence-corrected chi connectivity index (χ3v) is 12.0. The first kappa shape index (κ1) is 22.0. The number of ether oxygens (including phenoxy) is 1. The van der Waals surface area contributed by atoms with E-state index in [-0.39, 0.29) is 17.1 Å².